The summed E-state index contributed by atoms with van der Waals surface area (Å²) in [5, 5.41) is 4.34. The summed E-state index contributed by atoms with van der Waals surface area (Å²) in [4.78, 5) is 17.8. The first-order chi connectivity index (χ1) is 13.6. The molecule has 3 aromatic carbocycles. The maximum atomic E-state index is 13.0. The lowest BCUT2D eigenvalue weighted by atomic mass is 10.0. The Labute approximate surface area is 167 Å². The highest BCUT2D eigenvalue weighted by Crippen LogP contribution is 2.28. The number of rotatable bonds is 4. The topological polar surface area (TPSA) is 51.2 Å². The van der Waals surface area contributed by atoms with E-state index in [2.05, 4.69) is 5.32 Å². The molecular formula is C23H17ClN2O2. The van der Waals surface area contributed by atoms with Crippen LogP contribution in [-0.4, -0.2) is 18.0 Å². The predicted octanol–water partition coefficient (Wildman–Crippen LogP) is 5.82. The van der Waals surface area contributed by atoms with Crippen molar-refractivity contribution in [2.24, 2.45) is 0 Å². The van der Waals surface area contributed by atoms with E-state index >= 15 is 0 Å². The monoisotopic (exact) mass is 388 g/mol. The minimum absolute atomic E-state index is 0.204. The highest BCUT2D eigenvalue weighted by atomic mass is 35.5. The SMILES string of the molecule is COc1cccc(-c2cc(C(=O)Nc3ccc(Cl)cc3)c3ccccc3n2)c1. The Morgan fingerprint density at radius 2 is 1.75 bits per heavy atom. The molecule has 0 aliphatic heterocycles. The number of hydrogen-bond donors (Lipinski definition) is 1. The first kappa shape index (κ1) is 18.0. The second-order valence-corrected chi connectivity index (χ2v) is 6.70. The van der Waals surface area contributed by atoms with Gasteiger partial charge >= 0.3 is 0 Å². The molecule has 28 heavy (non-hydrogen) atoms. The molecule has 0 bridgehead atoms. The van der Waals surface area contributed by atoms with Crippen LogP contribution in [0.3, 0.4) is 0 Å². The first-order valence-electron chi connectivity index (χ1n) is 8.75. The van der Waals surface area contributed by atoms with Crippen molar-refractivity contribution in [3.05, 3.63) is 89.4 Å². The van der Waals surface area contributed by atoms with Crippen LogP contribution in [-0.2, 0) is 0 Å². The number of hydrogen-bond acceptors (Lipinski definition) is 3. The lowest BCUT2D eigenvalue weighted by Gasteiger charge is -2.11. The van der Waals surface area contributed by atoms with Crippen LogP contribution in [0.2, 0.25) is 5.02 Å². The van der Waals surface area contributed by atoms with Gasteiger partial charge in [-0.25, -0.2) is 4.98 Å². The van der Waals surface area contributed by atoms with Gasteiger partial charge in [0.05, 0.1) is 23.9 Å². The Morgan fingerprint density at radius 1 is 0.964 bits per heavy atom. The van der Waals surface area contributed by atoms with Crippen LogP contribution in [0.4, 0.5) is 5.69 Å². The lowest BCUT2D eigenvalue weighted by molar-refractivity contribution is 0.102. The Balaban J connectivity index is 1.79. The molecule has 0 aliphatic rings. The van der Waals surface area contributed by atoms with E-state index in [4.69, 9.17) is 21.3 Å². The van der Waals surface area contributed by atoms with E-state index in [-0.39, 0.29) is 5.91 Å². The van der Waals surface area contributed by atoms with Gasteiger partial charge in [0.25, 0.3) is 5.91 Å². The van der Waals surface area contributed by atoms with Crippen molar-refractivity contribution in [2.45, 2.75) is 0 Å². The number of benzene rings is 3. The minimum Gasteiger partial charge on any atom is -0.497 e. The Kier molecular flexibility index (Phi) is 4.96. The van der Waals surface area contributed by atoms with Gasteiger partial charge in [-0.3, -0.25) is 4.79 Å². The van der Waals surface area contributed by atoms with Crippen LogP contribution < -0.4 is 10.1 Å². The van der Waals surface area contributed by atoms with Crippen molar-refractivity contribution in [1.82, 2.24) is 4.98 Å². The zero-order valence-electron chi connectivity index (χ0n) is 15.1. The number of carbonyl (C=O) groups is 1. The second-order valence-electron chi connectivity index (χ2n) is 6.27. The summed E-state index contributed by atoms with van der Waals surface area (Å²) in [6, 6.07) is 24.1. The normalized spacial score (nSPS) is 10.6. The molecule has 1 N–H and O–H groups in total. The van der Waals surface area contributed by atoms with Gasteiger partial charge in [0.15, 0.2) is 0 Å². The number of amides is 1. The predicted molar refractivity (Wildman–Crippen MR) is 113 cm³/mol. The number of aromatic nitrogens is 1. The standard InChI is InChI=1S/C23H17ClN2O2/c1-28-18-6-4-5-15(13-18)22-14-20(19-7-2-3-8-21(19)26-22)23(27)25-17-11-9-16(24)10-12-17/h2-14H,1H3,(H,25,27). The number of fused-ring (bicyclic) bond motifs is 1. The molecule has 1 aromatic heterocycles. The molecule has 0 fully saturated rings. The van der Waals surface area contributed by atoms with E-state index < -0.39 is 0 Å². The van der Waals surface area contributed by atoms with Crippen molar-refractivity contribution in [3.63, 3.8) is 0 Å². The van der Waals surface area contributed by atoms with Gasteiger partial charge < -0.3 is 10.1 Å². The highest BCUT2D eigenvalue weighted by molar-refractivity contribution is 6.30. The molecule has 138 valence electrons. The number of halogens is 1. The number of methoxy groups -OCH3 is 1. The van der Waals surface area contributed by atoms with Crippen molar-refractivity contribution < 1.29 is 9.53 Å². The van der Waals surface area contributed by atoms with Crippen LogP contribution in [0.25, 0.3) is 22.2 Å². The van der Waals surface area contributed by atoms with Gasteiger partial charge in [-0.1, -0.05) is 41.9 Å². The number of anilines is 1. The van der Waals surface area contributed by atoms with E-state index in [0.29, 0.717) is 22.0 Å². The van der Waals surface area contributed by atoms with Crippen LogP contribution in [0, 0.1) is 0 Å². The van der Waals surface area contributed by atoms with E-state index in [9.17, 15) is 4.79 Å². The van der Waals surface area contributed by atoms with Crippen molar-refractivity contribution in [3.8, 4) is 17.0 Å². The summed E-state index contributed by atoms with van der Waals surface area (Å²) < 4.78 is 5.31. The van der Waals surface area contributed by atoms with Gasteiger partial charge in [0.1, 0.15) is 5.75 Å². The van der Waals surface area contributed by atoms with Crippen LogP contribution in [0.15, 0.2) is 78.9 Å². The molecule has 0 aliphatic carbocycles. The number of para-hydroxylation sites is 1. The third-order valence-corrected chi connectivity index (χ3v) is 4.68. The number of pyridine rings is 1. The number of nitrogens with zero attached hydrogens (tertiary/aromatic N) is 1. The Bertz CT molecular complexity index is 1160. The number of carbonyl (C=O) groups excluding carboxylic acids is 1. The van der Waals surface area contributed by atoms with E-state index in [1.807, 2.05) is 54.6 Å². The lowest BCUT2D eigenvalue weighted by Crippen LogP contribution is -2.13. The molecule has 0 atom stereocenters. The second kappa shape index (κ2) is 7.71. The van der Waals surface area contributed by atoms with Gasteiger partial charge in [-0.05, 0) is 48.5 Å². The summed E-state index contributed by atoms with van der Waals surface area (Å²) in [6.07, 6.45) is 0. The van der Waals surface area contributed by atoms with Gasteiger partial charge in [0, 0.05) is 21.7 Å². The Morgan fingerprint density at radius 3 is 2.54 bits per heavy atom. The van der Waals surface area contributed by atoms with Crippen LogP contribution in [0.1, 0.15) is 10.4 Å². The number of nitrogens with one attached hydrogen (secondary N) is 1. The summed E-state index contributed by atoms with van der Waals surface area (Å²) in [6.45, 7) is 0. The van der Waals surface area contributed by atoms with Crippen molar-refractivity contribution in [2.75, 3.05) is 12.4 Å². The number of ether oxygens (including phenoxy) is 1. The maximum Gasteiger partial charge on any atom is 0.256 e. The fourth-order valence-electron chi connectivity index (χ4n) is 3.03. The molecule has 0 saturated heterocycles. The molecule has 4 nitrogen and oxygen atoms in total. The zero-order chi connectivity index (χ0) is 19.5. The summed E-state index contributed by atoms with van der Waals surface area (Å²) in [5.74, 6) is 0.532. The fourth-order valence-corrected chi connectivity index (χ4v) is 3.15. The van der Waals surface area contributed by atoms with Crippen LogP contribution in [0.5, 0.6) is 5.75 Å². The quantitative estimate of drug-likeness (QED) is 0.479. The van der Waals surface area contributed by atoms with Gasteiger partial charge in [-0.2, -0.15) is 0 Å². The van der Waals surface area contributed by atoms with E-state index in [1.165, 1.54) is 0 Å². The minimum atomic E-state index is -0.204. The smallest absolute Gasteiger partial charge is 0.256 e. The van der Waals surface area contributed by atoms with Gasteiger partial charge in [-0.15, -0.1) is 0 Å². The first-order valence-corrected chi connectivity index (χ1v) is 9.13. The summed E-state index contributed by atoms with van der Waals surface area (Å²) >= 11 is 5.93. The van der Waals surface area contributed by atoms with Crippen molar-refractivity contribution in [1.29, 1.82) is 0 Å². The molecule has 0 unspecified atom stereocenters. The van der Waals surface area contributed by atoms with Crippen LogP contribution >= 0.6 is 11.6 Å². The zero-order valence-corrected chi connectivity index (χ0v) is 15.9. The fraction of sp³-hybridized carbons (Fsp3) is 0.0435. The molecule has 0 spiro atoms. The average molecular weight is 389 g/mol. The summed E-state index contributed by atoms with van der Waals surface area (Å²) in [5.41, 5.74) is 3.57. The highest BCUT2D eigenvalue weighted by Gasteiger charge is 2.14. The average Bonchev–Trinajstić information content (AvgIpc) is 2.74. The molecule has 5 heteroatoms. The third-order valence-electron chi connectivity index (χ3n) is 4.43. The van der Waals surface area contributed by atoms with E-state index in [0.717, 1.165) is 22.2 Å². The maximum absolute atomic E-state index is 13.0. The third kappa shape index (κ3) is 3.68. The molecule has 0 radical (unpaired) electrons. The van der Waals surface area contributed by atoms with E-state index in [1.54, 1.807) is 31.4 Å². The van der Waals surface area contributed by atoms with Crippen molar-refractivity contribution >= 4 is 34.1 Å². The molecule has 4 rings (SSSR count). The molecule has 4 aromatic rings. The molecule has 1 amide bonds. The Hall–Kier alpha value is -3.37. The largest absolute Gasteiger partial charge is 0.497 e. The molecular weight excluding hydrogens is 372 g/mol. The van der Waals surface area contributed by atoms with Gasteiger partial charge in [0.2, 0.25) is 0 Å². The summed E-state index contributed by atoms with van der Waals surface area (Å²) in [7, 11) is 1.62. The molecule has 0 saturated carbocycles. The molecule has 1 heterocycles.